The van der Waals surface area contributed by atoms with E-state index in [0.29, 0.717) is 5.56 Å². The Morgan fingerprint density at radius 1 is 1.33 bits per heavy atom. The van der Waals surface area contributed by atoms with Crippen LogP contribution in [-0.2, 0) is 0 Å². The van der Waals surface area contributed by atoms with E-state index in [1.54, 1.807) is 11.8 Å². The van der Waals surface area contributed by atoms with Crippen LogP contribution in [0.15, 0.2) is 41.4 Å². The predicted molar refractivity (Wildman–Crippen MR) is 72.8 cm³/mol. The highest BCUT2D eigenvalue weighted by atomic mass is 32.2. The Bertz CT molecular complexity index is 582. The van der Waals surface area contributed by atoms with Crippen LogP contribution >= 0.6 is 11.8 Å². The Morgan fingerprint density at radius 2 is 2.00 bits per heavy atom. The van der Waals surface area contributed by atoms with E-state index in [1.807, 2.05) is 30.5 Å². The molecule has 1 aromatic heterocycles. The van der Waals surface area contributed by atoms with Crippen molar-refractivity contribution in [3.05, 3.63) is 42.1 Å². The smallest absolute Gasteiger partial charge is 0.336 e. The lowest BCUT2D eigenvalue weighted by Crippen LogP contribution is -2.02. The summed E-state index contributed by atoms with van der Waals surface area (Å²) in [6, 6.07) is 9.03. The van der Waals surface area contributed by atoms with Gasteiger partial charge in [0.05, 0.1) is 5.56 Å². The Kier molecular flexibility index (Phi) is 3.53. The third kappa shape index (κ3) is 2.46. The number of carboxylic acids is 1. The van der Waals surface area contributed by atoms with Gasteiger partial charge in [-0.3, -0.25) is 0 Å². The Morgan fingerprint density at radius 3 is 2.56 bits per heavy atom. The molecular weight excluding hydrogens is 248 g/mol. The van der Waals surface area contributed by atoms with Crippen LogP contribution < -0.4 is 5.73 Å². The average molecular weight is 260 g/mol. The first-order valence-electron chi connectivity index (χ1n) is 5.25. The summed E-state index contributed by atoms with van der Waals surface area (Å²) in [5, 5.41) is 9.16. The van der Waals surface area contributed by atoms with Gasteiger partial charge in [0.25, 0.3) is 0 Å². The van der Waals surface area contributed by atoms with Crippen molar-refractivity contribution < 1.29 is 9.90 Å². The zero-order valence-corrected chi connectivity index (χ0v) is 10.6. The summed E-state index contributed by atoms with van der Waals surface area (Å²) in [6.45, 7) is 0. The fraction of sp³-hybridized carbons (Fsp3) is 0.0769. The van der Waals surface area contributed by atoms with Gasteiger partial charge in [0, 0.05) is 16.7 Å². The molecule has 0 spiro atoms. The van der Waals surface area contributed by atoms with Crippen LogP contribution in [0.3, 0.4) is 0 Å². The highest BCUT2D eigenvalue weighted by Crippen LogP contribution is 2.26. The van der Waals surface area contributed by atoms with Crippen molar-refractivity contribution >= 4 is 23.5 Å². The third-order valence-electron chi connectivity index (χ3n) is 2.56. The van der Waals surface area contributed by atoms with Crippen molar-refractivity contribution in [2.75, 3.05) is 12.0 Å². The number of nitrogens with zero attached hydrogens (tertiary/aromatic N) is 1. The molecule has 0 amide bonds. The Labute approximate surface area is 109 Å². The summed E-state index contributed by atoms with van der Waals surface area (Å²) in [5.74, 6) is -0.801. The fourth-order valence-electron chi connectivity index (χ4n) is 1.65. The number of hydrogen-bond donors (Lipinski definition) is 2. The maximum absolute atomic E-state index is 11.2. The van der Waals surface area contributed by atoms with E-state index in [0.717, 1.165) is 10.5 Å². The molecule has 5 heteroatoms. The standard InChI is InChI=1S/C13H12N2O2S/c1-18-9-4-2-8(3-5-9)11-7-15-12(14)6-10(11)13(16)17/h2-7H,1H3,(H2,14,15)(H,16,17). The molecule has 0 aliphatic rings. The summed E-state index contributed by atoms with van der Waals surface area (Å²) in [7, 11) is 0. The van der Waals surface area contributed by atoms with Gasteiger partial charge in [-0.1, -0.05) is 12.1 Å². The first kappa shape index (κ1) is 12.4. The molecule has 3 N–H and O–H groups in total. The second kappa shape index (κ2) is 5.10. The van der Waals surface area contributed by atoms with Gasteiger partial charge >= 0.3 is 5.97 Å². The van der Waals surface area contributed by atoms with E-state index in [9.17, 15) is 4.79 Å². The maximum atomic E-state index is 11.2. The molecule has 0 atom stereocenters. The van der Waals surface area contributed by atoms with E-state index in [-0.39, 0.29) is 11.4 Å². The SMILES string of the molecule is CSc1ccc(-c2cnc(N)cc2C(=O)O)cc1. The third-order valence-corrected chi connectivity index (χ3v) is 3.30. The number of thioether (sulfide) groups is 1. The average Bonchev–Trinajstić information content (AvgIpc) is 2.39. The van der Waals surface area contributed by atoms with Crippen LogP contribution in [0.25, 0.3) is 11.1 Å². The van der Waals surface area contributed by atoms with Crippen LogP contribution in [0.5, 0.6) is 0 Å². The van der Waals surface area contributed by atoms with Gasteiger partial charge in [-0.2, -0.15) is 0 Å². The first-order chi connectivity index (χ1) is 8.61. The summed E-state index contributed by atoms with van der Waals surface area (Å²) in [5.41, 5.74) is 7.07. The second-order valence-electron chi connectivity index (χ2n) is 3.69. The number of pyridine rings is 1. The summed E-state index contributed by atoms with van der Waals surface area (Å²) in [4.78, 5) is 16.3. The van der Waals surface area contributed by atoms with Crippen LogP contribution in [-0.4, -0.2) is 22.3 Å². The molecule has 0 aliphatic carbocycles. The van der Waals surface area contributed by atoms with Gasteiger partial charge in [0.2, 0.25) is 0 Å². The molecule has 0 radical (unpaired) electrons. The van der Waals surface area contributed by atoms with E-state index < -0.39 is 5.97 Å². The minimum absolute atomic E-state index is 0.166. The van der Waals surface area contributed by atoms with Crippen molar-refractivity contribution in [2.24, 2.45) is 0 Å². The summed E-state index contributed by atoms with van der Waals surface area (Å²) < 4.78 is 0. The molecule has 0 saturated heterocycles. The minimum atomic E-state index is -1.01. The van der Waals surface area contributed by atoms with Crippen molar-refractivity contribution in [1.82, 2.24) is 4.98 Å². The van der Waals surface area contributed by atoms with E-state index in [2.05, 4.69) is 4.98 Å². The lowest BCUT2D eigenvalue weighted by Gasteiger charge is -2.07. The Balaban J connectivity index is 2.52. The molecular formula is C13H12N2O2S. The lowest BCUT2D eigenvalue weighted by atomic mass is 10.0. The van der Waals surface area contributed by atoms with Crippen molar-refractivity contribution in [2.45, 2.75) is 4.90 Å². The number of rotatable bonds is 3. The van der Waals surface area contributed by atoms with E-state index >= 15 is 0 Å². The molecule has 92 valence electrons. The minimum Gasteiger partial charge on any atom is -0.478 e. The fourth-order valence-corrected chi connectivity index (χ4v) is 2.06. The number of anilines is 1. The van der Waals surface area contributed by atoms with Crippen molar-refractivity contribution in [3.8, 4) is 11.1 Å². The number of carbonyl (C=O) groups is 1. The monoisotopic (exact) mass is 260 g/mol. The molecule has 4 nitrogen and oxygen atoms in total. The summed E-state index contributed by atoms with van der Waals surface area (Å²) in [6.07, 6.45) is 3.48. The van der Waals surface area contributed by atoms with Crippen molar-refractivity contribution in [3.63, 3.8) is 0 Å². The van der Waals surface area contributed by atoms with Gasteiger partial charge in [-0.15, -0.1) is 11.8 Å². The second-order valence-corrected chi connectivity index (χ2v) is 4.57. The van der Waals surface area contributed by atoms with E-state index in [1.165, 1.54) is 12.3 Å². The molecule has 0 bridgehead atoms. The maximum Gasteiger partial charge on any atom is 0.336 e. The van der Waals surface area contributed by atoms with Gasteiger partial charge in [0.1, 0.15) is 5.82 Å². The van der Waals surface area contributed by atoms with Gasteiger partial charge in [0.15, 0.2) is 0 Å². The molecule has 2 aromatic rings. The normalized spacial score (nSPS) is 10.3. The lowest BCUT2D eigenvalue weighted by molar-refractivity contribution is 0.0697. The largest absolute Gasteiger partial charge is 0.478 e. The van der Waals surface area contributed by atoms with Gasteiger partial charge < -0.3 is 10.8 Å². The molecule has 1 aromatic carbocycles. The zero-order chi connectivity index (χ0) is 13.1. The number of hydrogen-bond acceptors (Lipinski definition) is 4. The number of nitrogen functional groups attached to an aromatic ring is 1. The number of carboxylic acid groups (broad SMARTS) is 1. The summed E-state index contributed by atoms with van der Waals surface area (Å²) >= 11 is 1.63. The number of benzene rings is 1. The zero-order valence-electron chi connectivity index (χ0n) is 9.75. The Hall–Kier alpha value is -2.01. The molecule has 18 heavy (non-hydrogen) atoms. The van der Waals surface area contributed by atoms with Crippen LogP contribution in [0.2, 0.25) is 0 Å². The topological polar surface area (TPSA) is 76.2 Å². The predicted octanol–water partition coefficient (Wildman–Crippen LogP) is 2.75. The molecule has 0 fully saturated rings. The van der Waals surface area contributed by atoms with Crippen LogP contribution in [0.1, 0.15) is 10.4 Å². The van der Waals surface area contributed by atoms with Crippen molar-refractivity contribution in [1.29, 1.82) is 0 Å². The van der Waals surface area contributed by atoms with Gasteiger partial charge in [-0.05, 0) is 30.0 Å². The molecule has 0 aliphatic heterocycles. The van der Waals surface area contributed by atoms with Crippen LogP contribution in [0.4, 0.5) is 5.82 Å². The molecule has 2 rings (SSSR count). The van der Waals surface area contributed by atoms with E-state index in [4.69, 9.17) is 10.8 Å². The van der Waals surface area contributed by atoms with Crippen LogP contribution in [0, 0.1) is 0 Å². The molecule has 0 unspecified atom stereocenters. The quantitative estimate of drug-likeness (QED) is 0.830. The molecule has 1 heterocycles. The number of aromatic nitrogens is 1. The van der Waals surface area contributed by atoms with Gasteiger partial charge in [-0.25, -0.2) is 9.78 Å². The number of aromatic carboxylic acids is 1. The highest BCUT2D eigenvalue weighted by Gasteiger charge is 2.12. The number of nitrogens with two attached hydrogens (primary N) is 1. The first-order valence-corrected chi connectivity index (χ1v) is 6.47. The molecule has 0 saturated carbocycles. The highest BCUT2D eigenvalue weighted by molar-refractivity contribution is 7.98.